The number of amides is 2. The number of carbonyl (C=O) groups is 2. The van der Waals surface area contributed by atoms with E-state index in [0.29, 0.717) is 17.8 Å². The maximum atomic E-state index is 13.4. The lowest BCUT2D eigenvalue weighted by Crippen LogP contribution is -2.38. The highest BCUT2D eigenvalue weighted by Gasteiger charge is 2.31. The van der Waals surface area contributed by atoms with E-state index in [1.165, 1.54) is 18.4 Å². The van der Waals surface area contributed by atoms with Gasteiger partial charge in [-0.25, -0.2) is 0 Å². The van der Waals surface area contributed by atoms with Gasteiger partial charge in [0.15, 0.2) is 0 Å². The average Bonchev–Trinajstić information content (AvgIpc) is 3.57. The molecule has 0 spiro atoms. The maximum Gasteiger partial charge on any atom is 0.271 e. The highest BCUT2D eigenvalue weighted by Crippen LogP contribution is 2.31. The number of aromatic amines is 1. The largest absolute Gasteiger partial charge is 0.379 e. The van der Waals surface area contributed by atoms with Crippen molar-refractivity contribution in [2.45, 2.75) is 63.6 Å². The molecule has 1 saturated carbocycles. The molecule has 1 atom stereocenters. The van der Waals surface area contributed by atoms with E-state index in [0.717, 1.165) is 70.6 Å². The highest BCUT2D eigenvalue weighted by atomic mass is 16.5. The fourth-order valence-corrected chi connectivity index (χ4v) is 5.39. The van der Waals surface area contributed by atoms with E-state index in [-0.39, 0.29) is 23.9 Å². The Bertz CT molecular complexity index is 977. The third-order valence-electron chi connectivity index (χ3n) is 7.35. The molecule has 182 valence electrons. The van der Waals surface area contributed by atoms with Gasteiger partial charge in [0.2, 0.25) is 0 Å². The Kier molecular flexibility index (Phi) is 7.25. The Hall–Kier alpha value is -2.71. The number of morpholine rings is 1. The van der Waals surface area contributed by atoms with Gasteiger partial charge in [0.05, 0.1) is 24.9 Å². The van der Waals surface area contributed by atoms with E-state index >= 15 is 0 Å². The third-order valence-corrected chi connectivity index (χ3v) is 7.35. The molecule has 2 N–H and O–H groups in total. The van der Waals surface area contributed by atoms with Crippen LogP contribution in [-0.4, -0.2) is 70.7 Å². The zero-order valence-corrected chi connectivity index (χ0v) is 19.8. The molecule has 8 nitrogen and oxygen atoms in total. The monoisotopic (exact) mass is 465 g/mol. The van der Waals surface area contributed by atoms with Crippen molar-refractivity contribution < 1.29 is 14.3 Å². The van der Waals surface area contributed by atoms with Crippen LogP contribution in [0.5, 0.6) is 0 Å². The van der Waals surface area contributed by atoms with Gasteiger partial charge in [0.25, 0.3) is 11.8 Å². The van der Waals surface area contributed by atoms with Crippen molar-refractivity contribution in [3.63, 3.8) is 0 Å². The van der Waals surface area contributed by atoms with Crippen molar-refractivity contribution in [2.75, 3.05) is 32.8 Å². The molecule has 0 radical (unpaired) electrons. The first-order valence-electron chi connectivity index (χ1n) is 12.7. The van der Waals surface area contributed by atoms with Gasteiger partial charge in [-0.15, -0.1) is 0 Å². The number of carbonyl (C=O) groups excluding carboxylic acids is 2. The quantitative estimate of drug-likeness (QED) is 0.683. The van der Waals surface area contributed by atoms with Crippen molar-refractivity contribution in [3.8, 4) is 0 Å². The molecule has 2 aromatic rings. The molecule has 1 aliphatic carbocycles. The Morgan fingerprint density at radius 2 is 1.74 bits per heavy atom. The summed E-state index contributed by atoms with van der Waals surface area (Å²) in [5, 5.41) is 10.4. The summed E-state index contributed by atoms with van der Waals surface area (Å²) in [6, 6.07) is 9.99. The summed E-state index contributed by atoms with van der Waals surface area (Å²) in [5.41, 5.74) is 3.16. The molecule has 2 aliphatic heterocycles. The summed E-state index contributed by atoms with van der Waals surface area (Å²) in [5.74, 6) is -0.0897. The van der Waals surface area contributed by atoms with Crippen LogP contribution in [0.3, 0.4) is 0 Å². The molecular weight excluding hydrogens is 430 g/mol. The first-order chi connectivity index (χ1) is 16.7. The van der Waals surface area contributed by atoms with E-state index < -0.39 is 0 Å². The van der Waals surface area contributed by atoms with Crippen LogP contribution in [0.1, 0.15) is 83.1 Å². The minimum atomic E-state index is -0.126. The minimum absolute atomic E-state index is 0.0363. The Labute approximate surface area is 201 Å². The maximum absolute atomic E-state index is 13.4. The van der Waals surface area contributed by atoms with Crippen LogP contribution in [0.15, 0.2) is 30.3 Å². The molecule has 8 heteroatoms. The predicted octanol–water partition coefficient (Wildman–Crippen LogP) is 3.28. The van der Waals surface area contributed by atoms with Crippen LogP contribution < -0.4 is 5.32 Å². The lowest BCUT2D eigenvalue weighted by Gasteiger charge is -2.35. The van der Waals surface area contributed by atoms with Crippen molar-refractivity contribution in [2.24, 2.45) is 0 Å². The second kappa shape index (κ2) is 10.7. The van der Waals surface area contributed by atoms with Crippen LogP contribution in [0.4, 0.5) is 0 Å². The number of piperidine rings is 1. The van der Waals surface area contributed by atoms with Crippen molar-refractivity contribution in [3.05, 3.63) is 52.8 Å². The molecule has 3 heterocycles. The third kappa shape index (κ3) is 5.33. The molecule has 1 aromatic carbocycles. The summed E-state index contributed by atoms with van der Waals surface area (Å²) in [6.07, 6.45) is 7.33. The predicted molar refractivity (Wildman–Crippen MR) is 128 cm³/mol. The number of nitrogens with one attached hydrogen (secondary N) is 2. The normalized spacial score (nSPS) is 22.1. The molecule has 1 aromatic heterocycles. The van der Waals surface area contributed by atoms with Gasteiger partial charge in [-0.3, -0.25) is 19.6 Å². The number of benzene rings is 1. The fourth-order valence-electron chi connectivity index (χ4n) is 5.39. The Balaban J connectivity index is 1.24. The highest BCUT2D eigenvalue weighted by molar-refractivity contribution is 5.95. The standard InChI is InChI=1S/C26H35N5O3/c32-25(27-21-5-1-2-6-21)23-17-22(28-29-23)24-7-3-4-12-31(24)26(33)20-10-8-19(9-11-20)18-30-13-15-34-16-14-30/h8-11,17,21,24H,1-7,12-16,18H2,(H,27,32)(H,28,29). The number of hydrogen-bond donors (Lipinski definition) is 2. The summed E-state index contributed by atoms with van der Waals surface area (Å²) in [6.45, 7) is 5.04. The molecule has 1 unspecified atom stereocenters. The molecule has 3 fully saturated rings. The summed E-state index contributed by atoms with van der Waals surface area (Å²) in [4.78, 5) is 30.4. The van der Waals surface area contributed by atoms with Crippen molar-refractivity contribution in [1.82, 2.24) is 25.3 Å². The van der Waals surface area contributed by atoms with E-state index in [9.17, 15) is 9.59 Å². The molecule has 2 amide bonds. The number of hydrogen-bond acceptors (Lipinski definition) is 5. The number of nitrogens with zero attached hydrogens (tertiary/aromatic N) is 3. The van der Waals surface area contributed by atoms with E-state index in [4.69, 9.17) is 4.74 Å². The first kappa shape index (κ1) is 23.1. The number of likely N-dealkylation sites (tertiary alicyclic amines) is 1. The number of ether oxygens (including phenoxy) is 1. The van der Waals surface area contributed by atoms with E-state index in [2.05, 4.69) is 32.5 Å². The molecule has 5 rings (SSSR count). The summed E-state index contributed by atoms with van der Waals surface area (Å²) >= 11 is 0. The van der Waals surface area contributed by atoms with E-state index in [1.807, 2.05) is 23.1 Å². The zero-order valence-electron chi connectivity index (χ0n) is 19.8. The average molecular weight is 466 g/mol. The Morgan fingerprint density at radius 3 is 2.50 bits per heavy atom. The molecule has 0 bridgehead atoms. The zero-order chi connectivity index (χ0) is 23.3. The van der Waals surface area contributed by atoms with Crippen LogP contribution >= 0.6 is 0 Å². The minimum Gasteiger partial charge on any atom is -0.379 e. The van der Waals surface area contributed by atoms with Crippen molar-refractivity contribution in [1.29, 1.82) is 0 Å². The van der Waals surface area contributed by atoms with Crippen LogP contribution in [-0.2, 0) is 11.3 Å². The van der Waals surface area contributed by atoms with Crippen LogP contribution in [0, 0.1) is 0 Å². The molecule has 34 heavy (non-hydrogen) atoms. The SMILES string of the molecule is O=C(NC1CCCC1)c1cc(C2CCCCN2C(=O)c2ccc(CN3CCOCC3)cc2)[nH]n1. The molecular formula is C26H35N5O3. The number of H-pyrrole nitrogens is 1. The van der Waals surface area contributed by atoms with Crippen LogP contribution in [0.2, 0.25) is 0 Å². The second-order valence-corrected chi connectivity index (χ2v) is 9.76. The van der Waals surface area contributed by atoms with Gasteiger partial charge < -0.3 is 15.0 Å². The molecule has 2 saturated heterocycles. The van der Waals surface area contributed by atoms with Gasteiger partial charge in [-0.2, -0.15) is 5.10 Å². The van der Waals surface area contributed by atoms with Gasteiger partial charge >= 0.3 is 0 Å². The molecule has 3 aliphatic rings. The van der Waals surface area contributed by atoms with E-state index in [1.54, 1.807) is 0 Å². The first-order valence-corrected chi connectivity index (χ1v) is 12.7. The number of rotatable bonds is 6. The number of aromatic nitrogens is 2. The van der Waals surface area contributed by atoms with Gasteiger partial charge in [0, 0.05) is 37.8 Å². The van der Waals surface area contributed by atoms with Crippen LogP contribution in [0.25, 0.3) is 0 Å². The van der Waals surface area contributed by atoms with Gasteiger partial charge in [0.1, 0.15) is 5.69 Å². The second-order valence-electron chi connectivity index (χ2n) is 9.76. The lowest BCUT2D eigenvalue weighted by atomic mass is 9.97. The van der Waals surface area contributed by atoms with Crippen molar-refractivity contribution >= 4 is 11.8 Å². The Morgan fingerprint density at radius 1 is 1.00 bits per heavy atom. The topological polar surface area (TPSA) is 90.6 Å². The van der Waals surface area contributed by atoms with Gasteiger partial charge in [-0.05, 0) is 55.9 Å². The lowest BCUT2D eigenvalue weighted by molar-refractivity contribution is 0.0342. The smallest absolute Gasteiger partial charge is 0.271 e. The summed E-state index contributed by atoms with van der Waals surface area (Å²) in [7, 11) is 0. The fraction of sp³-hybridized carbons (Fsp3) is 0.577. The van der Waals surface area contributed by atoms with Gasteiger partial charge in [-0.1, -0.05) is 25.0 Å². The summed E-state index contributed by atoms with van der Waals surface area (Å²) < 4.78 is 5.42.